The maximum Gasteiger partial charge on any atom is 0.306 e. The number of benzene rings is 2. The van der Waals surface area contributed by atoms with E-state index in [1.807, 2.05) is 41.3 Å². The third kappa shape index (κ3) is 7.33. The first-order chi connectivity index (χ1) is 21.9. The third-order valence-corrected chi connectivity index (χ3v) is 10.4. The van der Waals surface area contributed by atoms with Gasteiger partial charge in [-0.05, 0) is 55.5 Å². The van der Waals surface area contributed by atoms with Crippen LogP contribution in [-0.2, 0) is 40.3 Å². The first-order valence-corrected chi connectivity index (χ1v) is 17.1. The van der Waals surface area contributed by atoms with Crippen molar-refractivity contribution < 1.29 is 18.7 Å². The molecule has 0 spiro atoms. The maximum absolute atomic E-state index is 14.7. The Morgan fingerprint density at radius 3 is 2.58 bits per heavy atom. The Morgan fingerprint density at radius 2 is 1.84 bits per heavy atom. The number of thioether (sulfide) groups is 1. The molecule has 1 saturated heterocycles. The maximum atomic E-state index is 14.7. The van der Waals surface area contributed by atoms with Crippen molar-refractivity contribution in [3.8, 4) is 5.69 Å². The van der Waals surface area contributed by atoms with Gasteiger partial charge in [0.25, 0.3) is 5.56 Å². The van der Waals surface area contributed by atoms with Gasteiger partial charge in [0.05, 0.1) is 36.0 Å². The molecule has 2 aliphatic heterocycles. The Kier molecular flexibility index (Phi) is 10.00. The summed E-state index contributed by atoms with van der Waals surface area (Å²) < 4.78 is 21.4. The third-order valence-electron chi connectivity index (χ3n) is 9.08. The summed E-state index contributed by atoms with van der Waals surface area (Å²) in [6.45, 7) is 4.63. The van der Waals surface area contributed by atoms with Crippen LogP contribution < -0.4 is 5.56 Å². The van der Waals surface area contributed by atoms with E-state index in [-0.39, 0.29) is 42.1 Å². The quantitative estimate of drug-likeness (QED) is 0.221. The van der Waals surface area contributed by atoms with Crippen LogP contribution in [0.4, 0.5) is 4.39 Å². The molecule has 45 heavy (non-hydrogen) atoms. The minimum absolute atomic E-state index is 0.0590. The molecule has 0 unspecified atom stereocenters. The molecular weight excluding hydrogens is 591 g/mol. The summed E-state index contributed by atoms with van der Waals surface area (Å²) >= 11 is 1.73. The predicted molar refractivity (Wildman–Crippen MR) is 172 cm³/mol. The molecule has 2 aromatic carbocycles. The molecule has 3 heterocycles. The van der Waals surface area contributed by atoms with Gasteiger partial charge in [-0.3, -0.25) is 23.9 Å². The molecule has 1 amide bonds. The number of fused-ring (bicyclic) bond motifs is 1. The van der Waals surface area contributed by atoms with E-state index in [9.17, 15) is 18.8 Å². The van der Waals surface area contributed by atoms with Crippen LogP contribution in [-0.4, -0.2) is 62.7 Å². The summed E-state index contributed by atoms with van der Waals surface area (Å²) in [5.74, 6) is -0.743. The molecule has 1 aromatic heterocycles. The predicted octanol–water partition coefficient (Wildman–Crippen LogP) is 5.31. The monoisotopic (exact) mass is 632 g/mol. The lowest BCUT2D eigenvalue weighted by molar-refractivity contribution is -0.143. The highest BCUT2D eigenvalue weighted by Crippen LogP contribution is 2.34. The van der Waals surface area contributed by atoms with Crippen molar-refractivity contribution in [2.45, 2.75) is 81.8 Å². The second-order valence-electron chi connectivity index (χ2n) is 12.3. The molecule has 0 atom stereocenters. The fraction of sp³-hybridized carbons (Fsp3) is 0.486. The molecular formula is C35H41FN4O4S. The van der Waals surface area contributed by atoms with Crippen molar-refractivity contribution in [2.75, 3.05) is 26.2 Å². The van der Waals surface area contributed by atoms with E-state index < -0.39 is 0 Å². The van der Waals surface area contributed by atoms with Gasteiger partial charge in [-0.25, -0.2) is 9.37 Å². The van der Waals surface area contributed by atoms with Crippen molar-refractivity contribution in [1.82, 2.24) is 19.4 Å². The average molecular weight is 633 g/mol. The highest BCUT2D eigenvalue weighted by molar-refractivity contribution is 7.99. The molecule has 3 aromatic rings. The van der Waals surface area contributed by atoms with E-state index >= 15 is 0 Å². The van der Waals surface area contributed by atoms with E-state index in [1.54, 1.807) is 29.3 Å². The van der Waals surface area contributed by atoms with Gasteiger partial charge in [0.2, 0.25) is 5.91 Å². The Morgan fingerprint density at radius 1 is 1.07 bits per heavy atom. The van der Waals surface area contributed by atoms with Crippen LogP contribution in [0.5, 0.6) is 0 Å². The number of amides is 1. The van der Waals surface area contributed by atoms with Gasteiger partial charge < -0.3 is 9.64 Å². The molecule has 238 valence electrons. The molecule has 1 saturated carbocycles. The van der Waals surface area contributed by atoms with Crippen LogP contribution in [0.15, 0.2) is 58.5 Å². The number of aromatic nitrogens is 2. The summed E-state index contributed by atoms with van der Waals surface area (Å²) in [6, 6.07) is 14.8. The van der Waals surface area contributed by atoms with E-state index in [4.69, 9.17) is 9.72 Å². The number of rotatable bonds is 10. The number of halogens is 1. The minimum atomic E-state index is -0.328. The standard InChI is InChI=1S/C35H41FN4O4S/c1-2-44-32(41)16-15-25-14-13-24(19-30(25)36)20-38-21-26(22-38)33(42)39-18-17-31-29(23-39)34(43)40(27-9-5-3-6-10-27)35(37-31)45-28-11-7-4-8-12-28/h3,5-6,9-10,13-14,19,26,28H,2,4,7-8,11-12,15-18,20-23H2,1H3. The van der Waals surface area contributed by atoms with Gasteiger partial charge in [0.1, 0.15) is 5.82 Å². The van der Waals surface area contributed by atoms with Gasteiger partial charge in [0, 0.05) is 44.3 Å². The topological polar surface area (TPSA) is 84.7 Å². The lowest BCUT2D eigenvalue weighted by atomic mass is 9.95. The zero-order valence-corrected chi connectivity index (χ0v) is 26.7. The Labute approximate surface area is 268 Å². The molecule has 0 radical (unpaired) electrons. The highest BCUT2D eigenvalue weighted by Gasteiger charge is 2.37. The van der Waals surface area contributed by atoms with Gasteiger partial charge in [0.15, 0.2) is 5.16 Å². The summed E-state index contributed by atoms with van der Waals surface area (Å²) in [4.78, 5) is 48.1. The largest absolute Gasteiger partial charge is 0.466 e. The number of carbonyl (C=O) groups is 2. The van der Waals surface area contributed by atoms with Crippen molar-refractivity contribution in [3.05, 3.63) is 87.1 Å². The molecule has 2 fully saturated rings. The summed E-state index contributed by atoms with van der Waals surface area (Å²) in [5, 5.41) is 1.22. The minimum Gasteiger partial charge on any atom is -0.466 e. The van der Waals surface area contributed by atoms with Gasteiger partial charge in [-0.2, -0.15) is 0 Å². The summed E-state index contributed by atoms with van der Waals surface area (Å²) in [6.07, 6.45) is 7.02. The lowest BCUT2D eigenvalue weighted by Gasteiger charge is -2.41. The van der Waals surface area contributed by atoms with Crippen LogP contribution in [0.1, 0.15) is 67.8 Å². The van der Waals surface area contributed by atoms with E-state index in [2.05, 4.69) is 4.90 Å². The normalized spacial score (nSPS) is 17.5. The number of likely N-dealkylation sites (tertiary alicyclic amines) is 1. The highest BCUT2D eigenvalue weighted by atomic mass is 32.2. The lowest BCUT2D eigenvalue weighted by Crippen LogP contribution is -2.55. The van der Waals surface area contributed by atoms with E-state index in [0.717, 1.165) is 34.9 Å². The Bertz CT molecular complexity index is 1580. The fourth-order valence-corrected chi connectivity index (χ4v) is 7.92. The Hall–Kier alpha value is -3.50. The number of hydrogen-bond acceptors (Lipinski definition) is 7. The van der Waals surface area contributed by atoms with Crippen LogP contribution in [0, 0.1) is 11.7 Å². The van der Waals surface area contributed by atoms with Crippen LogP contribution in [0.3, 0.4) is 0 Å². The smallest absolute Gasteiger partial charge is 0.306 e. The molecule has 1 aliphatic carbocycles. The molecule has 0 bridgehead atoms. The summed E-state index contributed by atoms with van der Waals surface area (Å²) in [5.41, 5.74) is 3.48. The molecule has 0 N–H and O–H groups in total. The van der Waals surface area contributed by atoms with Gasteiger partial charge >= 0.3 is 5.97 Å². The molecule has 6 rings (SSSR count). The number of ether oxygens (including phenoxy) is 1. The number of hydrogen-bond donors (Lipinski definition) is 0. The first-order valence-electron chi connectivity index (χ1n) is 16.2. The average Bonchev–Trinajstić information content (AvgIpc) is 3.03. The first kappa shape index (κ1) is 31.5. The van der Waals surface area contributed by atoms with E-state index in [0.29, 0.717) is 62.0 Å². The van der Waals surface area contributed by atoms with Crippen LogP contribution in [0.2, 0.25) is 0 Å². The zero-order chi connectivity index (χ0) is 31.3. The fourth-order valence-electron chi connectivity index (χ4n) is 6.59. The van der Waals surface area contributed by atoms with Crippen molar-refractivity contribution in [2.24, 2.45) is 5.92 Å². The van der Waals surface area contributed by atoms with Crippen LogP contribution in [0.25, 0.3) is 5.69 Å². The second-order valence-corrected chi connectivity index (χ2v) is 13.6. The van der Waals surface area contributed by atoms with E-state index in [1.165, 1.54) is 25.3 Å². The van der Waals surface area contributed by atoms with Gasteiger partial charge in [-0.15, -0.1) is 0 Å². The van der Waals surface area contributed by atoms with Crippen molar-refractivity contribution in [3.63, 3.8) is 0 Å². The molecule has 10 heteroatoms. The number of aryl methyl sites for hydroxylation is 1. The number of esters is 1. The Balaban J connectivity index is 1.09. The molecule has 3 aliphatic rings. The number of nitrogens with zero attached hydrogens (tertiary/aromatic N) is 4. The SMILES string of the molecule is CCOC(=O)CCc1ccc(CN2CC(C(=O)N3CCc4nc(SC5CCCCC5)n(-c5ccccc5)c(=O)c4C3)C2)cc1F. The molecule has 8 nitrogen and oxygen atoms in total. The zero-order valence-electron chi connectivity index (χ0n) is 25.9. The second kappa shape index (κ2) is 14.3. The van der Waals surface area contributed by atoms with Crippen LogP contribution >= 0.6 is 11.8 Å². The van der Waals surface area contributed by atoms with Crippen molar-refractivity contribution in [1.29, 1.82) is 0 Å². The van der Waals surface area contributed by atoms with Gasteiger partial charge in [-0.1, -0.05) is 61.4 Å². The number of carbonyl (C=O) groups excluding carboxylic acids is 2. The number of para-hydroxylation sites is 1. The summed E-state index contributed by atoms with van der Waals surface area (Å²) in [7, 11) is 0. The van der Waals surface area contributed by atoms with Crippen molar-refractivity contribution >= 4 is 23.6 Å².